The van der Waals surface area contributed by atoms with Crippen LogP contribution in [0.4, 0.5) is 5.13 Å². The minimum atomic E-state index is -0.258. The Morgan fingerprint density at radius 1 is 0.857 bits per heavy atom. The van der Waals surface area contributed by atoms with Gasteiger partial charge in [0, 0.05) is 56.1 Å². The molecule has 1 aromatic heterocycles. The van der Waals surface area contributed by atoms with Crippen molar-refractivity contribution in [3.8, 4) is 11.3 Å². The van der Waals surface area contributed by atoms with Crippen LogP contribution in [0, 0.1) is 0 Å². The molecular weight excluding hydrogens is 704 g/mol. The van der Waals surface area contributed by atoms with Crippen molar-refractivity contribution in [1.82, 2.24) is 4.98 Å². The third kappa shape index (κ3) is 5.22. The maximum Gasteiger partial charge on any atom is 0.360 e. The van der Waals surface area contributed by atoms with Gasteiger partial charge in [-0.15, -0.1) is 0 Å². The van der Waals surface area contributed by atoms with E-state index in [0.29, 0.717) is 73.8 Å². The average Bonchev–Trinajstić information content (AvgIpc) is 3.64. The number of benzene rings is 2. The number of nitrogens with zero attached hydrogens (tertiary/aromatic N) is 4. The fourth-order valence-electron chi connectivity index (χ4n) is 5.15. The van der Waals surface area contributed by atoms with Crippen LogP contribution >= 0.6 is 55.0 Å². The number of thiazole rings is 1. The Bertz CT molecular complexity index is 1700. The van der Waals surface area contributed by atoms with Crippen molar-refractivity contribution in [2.24, 2.45) is 4.99 Å². The van der Waals surface area contributed by atoms with Crippen LogP contribution in [-0.4, -0.2) is 78.8 Å². The van der Waals surface area contributed by atoms with Gasteiger partial charge < -0.3 is 19.5 Å². The monoisotopic (exact) mass is 726 g/mol. The Hall–Kier alpha value is -2.61. The number of amidine groups is 1. The van der Waals surface area contributed by atoms with Gasteiger partial charge in [0.25, 0.3) is 0 Å². The fraction of sp³-hybridized carbons (Fsp3) is 0.267. The number of carbonyl (C=O) groups is 1. The standard InChI is InChI=1S/C30H24Br2N4O4S2/c31-19-5-1-17(2-6-19)23-27(41-29(33-23)35-9-13-39-14-10-35)21-25(37)22(26(21)38)28-24(18-3-7-20(32)8-4-18)34-30(42-28)36-11-15-40-16-12-36/h1-8H,9-16H2. The summed E-state index contributed by atoms with van der Waals surface area (Å²) in [7, 11) is 0. The number of hydrogen-bond acceptors (Lipinski definition) is 8. The van der Waals surface area contributed by atoms with Crippen LogP contribution in [0.15, 0.2) is 78.7 Å². The Labute approximate surface area is 267 Å². The van der Waals surface area contributed by atoms with E-state index in [9.17, 15) is 9.90 Å². The normalized spacial score (nSPS) is 21.2. The molecule has 0 radical (unpaired) electrons. The summed E-state index contributed by atoms with van der Waals surface area (Å²) in [6, 6.07) is 15.6. The van der Waals surface area contributed by atoms with Gasteiger partial charge in [-0.2, -0.15) is 0 Å². The summed E-state index contributed by atoms with van der Waals surface area (Å²) in [5.41, 5.74) is 3.40. The Balaban J connectivity index is 1.34. The molecular formula is C30H24Br2N4O4S2. The molecule has 2 fully saturated rings. The molecule has 8 nitrogen and oxygen atoms in total. The summed E-state index contributed by atoms with van der Waals surface area (Å²) in [5.74, 6) is -0.517. The SMILES string of the molecule is O=C1C(c2sc(N3CCOCC3)nc2-c2ccc(Br)cc2)=C([O-])/C1=C1/SC(=[N+]2CCOCC2)N=C1c1ccc(Br)cc1. The second-order valence-electron chi connectivity index (χ2n) is 9.97. The summed E-state index contributed by atoms with van der Waals surface area (Å²) in [6.45, 7) is 5.31. The summed E-state index contributed by atoms with van der Waals surface area (Å²) in [4.78, 5) is 27.3. The highest BCUT2D eigenvalue weighted by atomic mass is 79.9. The lowest BCUT2D eigenvalue weighted by Gasteiger charge is -2.31. The lowest BCUT2D eigenvalue weighted by molar-refractivity contribution is -0.547. The van der Waals surface area contributed by atoms with Gasteiger partial charge in [0.15, 0.2) is 16.6 Å². The van der Waals surface area contributed by atoms with E-state index in [1.165, 1.54) is 23.1 Å². The number of anilines is 1. The first-order valence-corrected chi connectivity index (χ1v) is 16.7. The molecule has 3 aromatic rings. The van der Waals surface area contributed by atoms with Crippen molar-refractivity contribution < 1.29 is 24.0 Å². The second kappa shape index (κ2) is 11.8. The number of ketones is 1. The molecule has 7 rings (SSSR count). The first-order valence-electron chi connectivity index (χ1n) is 13.5. The van der Waals surface area contributed by atoms with E-state index in [2.05, 4.69) is 41.3 Å². The van der Waals surface area contributed by atoms with Crippen LogP contribution in [-0.2, 0) is 14.3 Å². The quantitative estimate of drug-likeness (QED) is 0.284. The minimum Gasteiger partial charge on any atom is -0.871 e. The van der Waals surface area contributed by atoms with Gasteiger partial charge in [0.05, 0.1) is 41.9 Å². The van der Waals surface area contributed by atoms with Crippen molar-refractivity contribution in [3.63, 3.8) is 0 Å². The molecule has 2 aromatic carbocycles. The van der Waals surface area contributed by atoms with Gasteiger partial charge >= 0.3 is 5.17 Å². The van der Waals surface area contributed by atoms with Gasteiger partial charge in [0.1, 0.15) is 13.1 Å². The van der Waals surface area contributed by atoms with Crippen LogP contribution < -0.4 is 10.0 Å². The molecule has 0 saturated carbocycles. The van der Waals surface area contributed by atoms with Gasteiger partial charge in [-0.1, -0.05) is 61.1 Å². The van der Waals surface area contributed by atoms with Crippen molar-refractivity contribution in [2.45, 2.75) is 0 Å². The Morgan fingerprint density at radius 3 is 2.12 bits per heavy atom. The number of thioether (sulfide) groups is 1. The van der Waals surface area contributed by atoms with Crippen molar-refractivity contribution in [2.75, 3.05) is 57.5 Å². The summed E-state index contributed by atoms with van der Waals surface area (Å²) < 4.78 is 15.1. The zero-order chi connectivity index (χ0) is 28.8. The molecule has 0 spiro atoms. The number of allylic oxidation sites excluding steroid dienone is 3. The fourth-order valence-corrected chi connectivity index (χ4v) is 8.04. The van der Waals surface area contributed by atoms with E-state index in [1.807, 2.05) is 48.5 Å². The largest absolute Gasteiger partial charge is 0.871 e. The zero-order valence-electron chi connectivity index (χ0n) is 22.3. The molecule has 214 valence electrons. The number of morpholine rings is 2. The van der Waals surface area contributed by atoms with E-state index >= 15 is 0 Å². The Kier molecular flexibility index (Phi) is 7.93. The first-order chi connectivity index (χ1) is 20.5. The molecule has 1 aliphatic carbocycles. The smallest absolute Gasteiger partial charge is 0.360 e. The second-order valence-corrected chi connectivity index (χ2v) is 13.8. The Morgan fingerprint density at radius 2 is 1.48 bits per heavy atom. The van der Waals surface area contributed by atoms with Crippen LogP contribution in [0.25, 0.3) is 16.8 Å². The molecule has 4 aliphatic rings. The highest BCUT2D eigenvalue weighted by molar-refractivity contribution is 9.10. The predicted octanol–water partition coefficient (Wildman–Crippen LogP) is 4.71. The lowest BCUT2D eigenvalue weighted by Crippen LogP contribution is -2.36. The molecule has 2 saturated heterocycles. The maximum absolute atomic E-state index is 14.0. The van der Waals surface area contributed by atoms with Crippen molar-refractivity contribution in [1.29, 1.82) is 0 Å². The average molecular weight is 728 g/mol. The van der Waals surface area contributed by atoms with Crippen LogP contribution in [0.1, 0.15) is 10.4 Å². The predicted molar refractivity (Wildman–Crippen MR) is 171 cm³/mol. The molecule has 42 heavy (non-hydrogen) atoms. The van der Waals surface area contributed by atoms with Crippen LogP contribution in [0.5, 0.6) is 0 Å². The molecule has 0 bridgehead atoms. The molecule has 0 atom stereocenters. The highest BCUT2D eigenvalue weighted by Crippen LogP contribution is 2.48. The number of carbonyl (C=O) groups excluding carboxylic acids is 1. The number of rotatable bonds is 4. The number of aromatic nitrogens is 1. The third-order valence-electron chi connectivity index (χ3n) is 7.39. The van der Waals surface area contributed by atoms with Crippen LogP contribution in [0.2, 0.25) is 0 Å². The molecule has 4 heterocycles. The highest BCUT2D eigenvalue weighted by Gasteiger charge is 2.42. The van der Waals surface area contributed by atoms with Gasteiger partial charge in [0.2, 0.25) is 0 Å². The van der Waals surface area contributed by atoms with Crippen LogP contribution in [0.3, 0.4) is 0 Å². The number of halogens is 2. The molecule has 0 unspecified atom stereocenters. The summed E-state index contributed by atoms with van der Waals surface area (Å²) >= 11 is 9.79. The van der Waals surface area contributed by atoms with Gasteiger partial charge in [-0.05, 0) is 41.4 Å². The van der Waals surface area contributed by atoms with E-state index in [1.54, 1.807) is 0 Å². The maximum atomic E-state index is 14.0. The minimum absolute atomic E-state index is 0.197. The summed E-state index contributed by atoms with van der Waals surface area (Å²) in [6.07, 6.45) is 0. The lowest BCUT2D eigenvalue weighted by atomic mass is 9.84. The van der Waals surface area contributed by atoms with Gasteiger partial charge in [-0.25, -0.2) is 9.56 Å². The third-order valence-corrected chi connectivity index (χ3v) is 10.7. The van der Waals surface area contributed by atoms with Gasteiger partial charge in [-0.3, -0.25) is 4.79 Å². The molecule has 12 heteroatoms. The molecule has 3 aliphatic heterocycles. The number of ether oxygens (including phenoxy) is 2. The van der Waals surface area contributed by atoms with Crippen molar-refractivity contribution >= 4 is 82.3 Å². The number of hydrogen-bond donors (Lipinski definition) is 0. The summed E-state index contributed by atoms with van der Waals surface area (Å²) in [5, 5.41) is 15.6. The number of Topliss-reactive ketones (excluding diaryl/α,β-unsaturated/α-hetero) is 1. The van der Waals surface area contributed by atoms with E-state index < -0.39 is 0 Å². The topological polar surface area (TPSA) is 90.1 Å². The molecule has 0 amide bonds. The zero-order valence-corrected chi connectivity index (χ0v) is 27.1. The van der Waals surface area contributed by atoms with E-state index in [-0.39, 0.29) is 22.7 Å². The molecule has 0 N–H and O–H groups in total. The van der Waals surface area contributed by atoms with E-state index in [4.69, 9.17) is 19.5 Å². The number of aliphatic imine (C=N–C) groups is 1. The first kappa shape index (κ1) is 28.2. The van der Waals surface area contributed by atoms with Crippen molar-refractivity contribution in [3.05, 3.63) is 84.2 Å². The van der Waals surface area contributed by atoms with E-state index in [0.717, 1.165) is 30.4 Å².